The van der Waals surface area contributed by atoms with E-state index >= 15 is 0 Å². The summed E-state index contributed by atoms with van der Waals surface area (Å²) in [5.41, 5.74) is 2.81. The summed E-state index contributed by atoms with van der Waals surface area (Å²) in [6, 6.07) is 13.5. The molecule has 3 aromatic rings. The highest BCUT2D eigenvalue weighted by molar-refractivity contribution is 8.00. The Labute approximate surface area is 169 Å². The zero-order valence-corrected chi connectivity index (χ0v) is 17.5. The Kier molecular flexibility index (Phi) is 6.19. The summed E-state index contributed by atoms with van der Waals surface area (Å²) < 4.78 is 0. The highest BCUT2D eigenvalue weighted by Gasteiger charge is 2.19. The van der Waals surface area contributed by atoms with Crippen LogP contribution in [0.5, 0.6) is 0 Å². The number of benzene rings is 2. The third-order valence-electron chi connectivity index (χ3n) is 4.62. The summed E-state index contributed by atoms with van der Waals surface area (Å²) in [5, 5.41) is 0.555. The molecule has 1 aromatic heterocycles. The van der Waals surface area contributed by atoms with Crippen LogP contribution in [0.25, 0.3) is 10.9 Å². The summed E-state index contributed by atoms with van der Waals surface area (Å²) >= 11 is 1.55. The number of rotatable bonds is 6. The molecule has 1 N–H and O–H groups in total. The first-order valence-electron chi connectivity index (χ1n) is 9.32. The number of fused-ring (bicyclic) bond motifs is 1. The molecule has 1 amide bonds. The van der Waals surface area contributed by atoms with Crippen molar-refractivity contribution in [3.05, 3.63) is 69.8 Å². The van der Waals surface area contributed by atoms with Gasteiger partial charge in [0.2, 0.25) is 5.91 Å². The smallest absolute Gasteiger partial charge is 0.258 e. The Balaban J connectivity index is 1.77. The molecule has 0 saturated carbocycles. The minimum Gasteiger partial charge on any atom is -0.332 e. The van der Waals surface area contributed by atoms with Gasteiger partial charge < -0.3 is 9.88 Å². The van der Waals surface area contributed by atoms with Crippen LogP contribution in [0.4, 0.5) is 0 Å². The molecule has 1 heterocycles. The quantitative estimate of drug-likeness (QED) is 0.639. The predicted octanol–water partition coefficient (Wildman–Crippen LogP) is 4.07. The number of nitrogens with one attached hydrogen (secondary N) is 1. The third kappa shape index (κ3) is 4.62. The van der Waals surface area contributed by atoms with E-state index in [0.29, 0.717) is 22.5 Å². The number of amides is 1. The predicted molar refractivity (Wildman–Crippen MR) is 115 cm³/mol. The molecule has 0 aliphatic heterocycles. The lowest BCUT2D eigenvalue weighted by Gasteiger charge is -2.26. The van der Waals surface area contributed by atoms with E-state index in [-0.39, 0.29) is 24.1 Å². The largest absolute Gasteiger partial charge is 0.332 e. The van der Waals surface area contributed by atoms with Gasteiger partial charge in [0.05, 0.1) is 23.2 Å². The normalized spacial score (nSPS) is 11.2. The zero-order chi connectivity index (χ0) is 20.3. The van der Waals surface area contributed by atoms with Crippen LogP contribution >= 0.6 is 11.8 Å². The van der Waals surface area contributed by atoms with Crippen LogP contribution in [0.15, 0.2) is 52.2 Å². The molecule has 0 saturated heterocycles. The Morgan fingerprint density at radius 1 is 1.18 bits per heavy atom. The number of para-hydroxylation sites is 1. The number of hydrogen-bond acceptors (Lipinski definition) is 4. The highest BCUT2D eigenvalue weighted by Crippen LogP contribution is 2.24. The van der Waals surface area contributed by atoms with E-state index in [1.165, 1.54) is 11.1 Å². The van der Waals surface area contributed by atoms with Gasteiger partial charge in [0.15, 0.2) is 0 Å². The van der Waals surface area contributed by atoms with Crippen molar-refractivity contribution in [2.24, 2.45) is 0 Å². The van der Waals surface area contributed by atoms with Gasteiger partial charge in [-0.3, -0.25) is 9.59 Å². The van der Waals surface area contributed by atoms with Gasteiger partial charge in [0.25, 0.3) is 5.56 Å². The Morgan fingerprint density at radius 2 is 1.93 bits per heavy atom. The number of H-pyrrole nitrogens is 1. The van der Waals surface area contributed by atoms with Gasteiger partial charge in [-0.1, -0.05) is 29.8 Å². The number of carbonyl (C=O) groups excluding carboxylic acids is 1. The number of nitrogens with zero attached hydrogens (tertiary/aromatic N) is 2. The molecule has 0 fully saturated rings. The lowest BCUT2D eigenvalue weighted by molar-refractivity contribution is -0.130. The molecule has 0 radical (unpaired) electrons. The number of thioether (sulfide) groups is 1. The van der Waals surface area contributed by atoms with Crippen LogP contribution in [0.1, 0.15) is 30.8 Å². The van der Waals surface area contributed by atoms with E-state index in [9.17, 15) is 9.59 Å². The van der Waals surface area contributed by atoms with Crippen molar-refractivity contribution in [3.63, 3.8) is 0 Å². The Bertz CT molecular complexity index is 1060. The minimum absolute atomic E-state index is 0.00322. The first-order valence-corrected chi connectivity index (χ1v) is 10.3. The van der Waals surface area contributed by atoms with Gasteiger partial charge in [-0.05, 0) is 51.5 Å². The molecule has 3 rings (SSSR count). The Morgan fingerprint density at radius 3 is 2.68 bits per heavy atom. The monoisotopic (exact) mass is 395 g/mol. The molecular weight excluding hydrogens is 370 g/mol. The lowest BCUT2D eigenvalue weighted by atomic mass is 10.2. The highest BCUT2D eigenvalue weighted by atomic mass is 32.2. The van der Waals surface area contributed by atoms with E-state index in [0.717, 1.165) is 4.90 Å². The summed E-state index contributed by atoms with van der Waals surface area (Å²) in [6.07, 6.45) is 0. The van der Waals surface area contributed by atoms with Crippen LogP contribution in [0.3, 0.4) is 0 Å². The van der Waals surface area contributed by atoms with Crippen molar-refractivity contribution in [1.29, 1.82) is 0 Å². The van der Waals surface area contributed by atoms with Gasteiger partial charge >= 0.3 is 0 Å². The number of aryl methyl sites for hydroxylation is 2. The maximum atomic E-state index is 12.9. The van der Waals surface area contributed by atoms with Crippen molar-refractivity contribution in [3.8, 4) is 0 Å². The molecule has 0 bridgehead atoms. The zero-order valence-electron chi connectivity index (χ0n) is 16.7. The van der Waals surface area contributed by atoms with Crippen LogP contribution < -0.4 is 5.56 Å². The molecule has 5 nitrogen and oxygen atoms in total. The van der Waals surface area contributed by atoms with E-state index in [4.69, 9.17) is 0 Å². The summed E-state index contributed by atoms with van der Waals surface area (Å²) in [6.45, 7) is 8.33. The standard InChI is InChI=1S/C22H25N3O2S/c1-14(2)25(21(26)13-28-19-11-15(3)9-10-16(19)4)12-20-23-18-8-6-5-7-17(18)22(27)24-20/h5-11,14H,12-13H2,1-4H3,(H,23,24,27). The topological polar surface area (TPSA) is 66.1 Å². The second-order valence-electron chi connectivity index (χ2n) is 7.20. The minimum atomic E-state index is -0.179. The first-order chi connectivity index (χ1) is 13.3. The summed E-state index contributed by atoms with van der Waals surface area (Å²) in [5.74, 6) is 0.875. The molecule has 0 aliphatic rings. The number of aromatic amines is 1. The fourth-order valence-electron chi connectivity index (χ4n) is 3.02. The fourth-order valence-corrected chi connectivity index (χ4v) is 4.02. The molecule has 0 unspecified atom stereocenters. The van der Waals surface area contributed by atoms with E-state index in [2.05, 4.69) is 35.1 Å². The van der Waals surface area contributed by atoms with Gasteiger partial charge in [-0.15, -0.1) is 11.8 Å². The van der Waals surface area contributed by atoms with Gasteiger partial charge in [-0.2, -0.15) is 0 Å². The van der Waals surface area contributed by atoms with E-state index in [1.807, 2.05) is 39.0 Å². The van der Waals surface area contributed by atoms with Crippen LogP contribution in [0.2, 0.25) is 0 Å². The molecule has 0 spiro atoms. The van der Waals surface area contributed by atoms with Gasteiger partial charge in [-0.25, -0.2) is 4.98 Å². The second-order valence-corrected chi connectivity index (χ2v) is 8.22. The first kappa shape index (κ1) is 20.1. The molecule has 0 aliphatic carbocycles. The van der Waals surface area contributed by atoms with Crippen LogP contribution in [0, 0.1) is 13.8 Å². The SMILES string of the molecule is Cc1ccc(C)c(SCC(=O)N(Cc2nc3ccccc3c(=O)[nH]2)C(C)C)c1. The second kappa shape index (κ2) is 8.61. The van der Waals surface area contributed by atoms with Crippen molar-refractivity contribution < 1.29 is 4.79 Å². The van der Waals surface area contributed by atoms with E-state index in [1.54, 1.807) is 22.7 Å². The Hall–Kier alpha value is -2.60. The van der Waals surface area contributed by atoms with Crippen molar-refractivity contribution in [1.82, 2.24) is 14.9 Å². The summed E-state index contributed by atoms with van der Waals surface area (Å²) in [7, 11) is 0. The van der Waals surface area contributed by atoms with E-state index < -0.39 is 0 Å². The van der Waals surface area contributed by atoms with Crippen molar-refractivity contribution in [2.75, 3.05) is 5.75 Å². The number of carbonyl (C=O) groups is 1. The molecular formula is C22H25N3O2S. The number of aromatic nitrogens is 2. The van der Waals surface area contributed by atoms with Crippen molar-refractivity contribution in [2.45, 2.75) is 45.2 Å². The number of hydrogen-bond donors (Lipinski definition) is 1. The average molecular weight is 396 g/mol. The van der Waals surface area contributed by atoms with Crippen LogP contribution in [-0.2, 0) is 11.3 Å². The fraction of sp³-hybridized carbons (Fsp3) is 0.318. The molecule has 6 heteroatoms. The maximum Gasteiger partial charge on any atom is 0.258 e. The average Bonchev–Trinajstić information content (AvgIpc) is 2.66. The van der Waals surface area contributed by atoms with Gasteiger partial charge in [0.1, 0.15) is 5.82 Å². The molecule has 2 aromatic carbocycles. The third-order valence-corrected chi connectivity index (χ3v) is 5.76. The summed E-state index contributed by atoms with van der Waals surface area (Å²) in [4.78, 5) is 35.4. The van der Waals surface area contributed by atoms with Crippen molar-refractivity contribution >= 4 is 28.6 Å². The van der Waals surface area contributed by atoms with Crippen LogP contribution in [-0.4, -0.2) is 32.6 Å². The molecule has 0 atom stereocenters. The maximum absolute atomic E-state index is 12.9. The molecule has 28 heavy (non-hydrogen) atoms. The molecule has 146 valence electrons. The lowest BCUT2D eigenvalue weighted by Crippen LogP contribution is -2.38. The van der Waals surface area contributed by atoms with Gasteiger partial charge in [0, 0.05) is 10.9 Å².